The van der Waals surface area contributed by atoms with Gasteiger partial charge in [-0.3, -0.25) is 4.79 Å². The van der Waals surface area contributed by atoms with Crippen molar-refractivity contribution in [3.63, 3.8) is 0 Å². The van der Waals surface area contributed by atoms with E-state index in [1.807, 2.05) is 30.3 Å². The molecule has 0 radical (unpaired) electrons. The zero-order valence-corrected chi connectivity index (χ0v) is 14.7. The number of para-hydroxylation sites is 1. The maximum atomic E-state index is 10.5. The van der Waals surface area contributed by atoms with Crippen LogP contribution in [0.1, 0.15) is 44.9 Å². The van der Waals surface area contributed by atoms with Gasteiger partial charge >= 0.3 is 5.97 Å². The summed E-state index contributed by atoms with van der Waals surface area (Å²) in [5, 5.41) is 18.9. The van der Waals surface area contributed by atoms with Crippen LogP contribution in [-0.4, -0.2) is 34.3 Å². The van der Waals surface area contributed by atoms with Gasteiger partial charge in [-0.15, -0.1) is 11.6 Å². The number of aliphatic carboxylic acids is 1. The molecule has 0 heterocycles. The Morgan fingerprint density at radius 2 is 1.83 bits per heavy atom. The first-order valence-electron chi connectivity index (χ1n) is 8.79. The summed E-state index contributed by atoms with van der Waals surface area (Å²) in [5.74, 6) is 0.402. The van der Waals surface area contributed by atoms with Crippen LogP contribution in [0.3, 0.4) is 0 Å². The maximum Gasteiger partial charge on any atom is 0.303 e. The molecule has 0 bridgehead atoms. The van der Waals surface area contributed by atoms with Crippen LogP contribution in [0.2, 0.25) is 0 Å². The molecule has 0 aliphatic heterocycles. The standard InChI is InChI=1S/C19H27ClO4/c20-17-12-18(21)16(13-24-14-8-4-3-5-9-14)15(17)10-6-1-2-7-11-19(22)23/h3-5,8-9,15-18,21H,1-2,6-7,10-13H2,(H,22,23)/t15-,16-,17?,18?/m1/s1. The summed E-state index contributed by atoms with van der Waals surface area (Å²) in [6.45, 7) is 0.484. The second kappa shape index (κ2) is 9.90. The summed E-state index contributed by atoms with van der Waals surface area (Å²) < 4.78 is 5.83. The molecule has 134 valence electrons. The van der Waals surface area contributed by atoms with E-state index in [9.17, 15) is 9.90 Å². The van der Waals surface area contributed by atoms with Gasteiger partial charge in [0.2, 0.25) is 0 Å². The topological polar surface area (TPSA) is 66.8 Å². The number of carboxylic acid groups (broad SMARTS) is 1. The highest BCUT2D eigenvalue weighted by Crippen LogP contribution is 2.39. The van der Waals surface area contributed by atoms with Gasteiger partial charge < -0.3 is 14.9 Å². The fourth-order valence-corrected chi connectivity index (χ4v) is 3.98. The minimum absolute atomic E-state index is 0.0107. The van der Waals surface area contributed by atoms with Crippen LogP contribution in [0.5, 0.6) is 5.75 Å². The second-order valence-electron chi connectivity index (χ2n) is 6.62. The van der Waals surface area contributed by atoms with Crippen molar-refractivity contribution in [3.05, 3.63) is 30.3 Å². The molecule has 0 spiro atoms. The van der Waals surface area contributed by atoms with Gasteiger partial charge in [-0.25, -0.2) is 0 Å². The molecular weight excluding hydrogens is 328 g/mol. The van der Waals surface area contributed by atoms with Crippen molar-refractivity contribution < 1.29 is 19.7 Å². The van der Waals surface area contributed by atoms with E-state index in [4.69, 9.17) is 21.4 Å². The SMILES string of the molecule is O=C(O)CCCCCC[C@H]1C(Cl)CC(O)[C@@H]1COc1ccccc1. The third-order valence-electron chi connectivity index (χ3n) is 4.84. The van der Waals surface area contributed by atoms with Crippen LogP contribution < -0.4 is 4.74 Å². The molecule has 1 fully saturated rings. The predicted octanol–water partition coefficient (Wildman–Crippen LogP) is 4.10. The quantitative estimate of drug-likeness (QED) is 0.490. The van der Waals surface area contributed by atoms with Gasteiger partial charge in [-0.2, -0.15) is 0 Å². The van der Waals surface area contributed by atoms with Gasteiger partial charge in [0.1, 0.15) is 5.75 Å². The fourth-order valence-electron chi connectivity index (χ4n) is 3.48. The minimum atomic E-state index is -0.729. The van der Waals surface area contributed by atoms with E-state index in [2.05, 4.69) is 0 Å². The highest BCUT2D eigenvalue weighted by Gasteiger charge is 2.41. The number of halogens is 1. The predicted molar refractivity (Wildman–Crippen MR) is 94.5 cm³/mol. The molecule has 2 N–H and O–H groups in total. The molecule has 1 saturated carbocycles. The molecule has 4 nitrogen and oxygen atoms in total. The molecule has 4 atom stereocenters. The first-order chi connectivity index (χ1) is 11.6. The Hall–Kier alpha value is -1.26. The Morgan fingerprint density at radius 3 is 2.54 bits per heavy atom. The highest BCUT2D eigenvalue weighted by atomic mass is 35.5. The zero-order chi connectivity index (χ0) is 17.4. The Balaban J connectivity index is 1.75. The van der Waals surface area contributed by atoms with Crippen molar-refractivity contribution in [2.45, 2.75) is 56.4 Å². The van der Waals surface area contributed by atoms with Gasteiger partial charge in [-0.05, 0) is 37.3 Å². The molecule has 1 aromatic rings. The molecule has 5 heteroatoms. The fraction of sp³-hybridized carbons (Fsp3) is 0.632. The average molecular weight is 355 g/mol. The normalized spacial score (nSPS) is 26.4. The number of alkyl halides is 1. The lowest BCUT2D eigenvalue weighted by atomic mass is 9.90. The summed E-state index contributed by atoms with van der Waals surface area (Å²) in [6, 6.07) is 9.63. The third kappa shape index (κ3) is 5.99. The van der Waals surface area contributed by atoms with E-state index in [1.165, 1.54) is 0 Å². The molecule has 2 unspecified atom stereocenters. The van der Waals surface area contributed by atoms with Crippen molar-refractivity contribution in [3.8, 4) is 5.75 Å². The summed E-state index contributed by atoms with van der Waals surface area (Å²) >= 11 is 6.44. The number of carboxylic acids is 1. The van der Waals surface area contributed by atoms with E-state index < -0.39 is 12.1 Å². The number of hydrogen-bond acceptors (Lipinski definition) is 3. The molecule has 1 aromatic carbocycles. The lowest BCUT2D eigenvalue weighted by molar-refractivity contribution is -0.137. The first kappa shape index (κ1) is 19.1. The maximum absolute atomic E-state index is 10.5. The first-order valence-corrected chi connectivity index (χ1v) is 9.23. The van der Waals surface area contributed by atoms with Crippen molar-refractivity contribution in [1.29, 1.82) is 0 Å². The van der Waals surface area contributed by atoms with Crippen LogP contribution >= 0.6 is 11.6 Å². The number of aliphatic hydroxyl groups excluding tert-OH is 1. The Morgan fingerprint density at radius 1 is 1.12 bits per heavy atom. The van der Waals surface area contributed by atoms with Gasteiger partial charge in [0.05, 0.1) is 12.7 Å². The third-order valence-corrected chi connectivity index (χ3v) is 5.34. The number of rotatable bonds is 10. The summed E-state index contributed by atoms with van der Waals surface area (Å²) in [7, 11) is 0. The number of ether oxygens (including phenoxy) is 1. The summed E-state index contributed by atoms with van der Waals surface area (Å²) in [4.78, 5) is 10.5. The van der Waals surface area contributed by atoms with Gasteiger partial charge in [0, 0.05) is 17.7 Å². The number of carbonyl (C=O) groups is 1. The molecule has 0 saturated heterocycles. The highest BCUT2D eigenvalue weighted by molar-refractivity contribution is 6.21. The molecule has 0 aromatic heterocycles. The van der Waals surface area contributed by atoms with Crippen LogP contribution in [0.15, 0.2) is 30.3 Å². The van der Waals surface area contributed by atoms with Gasteiger partial charge in [-0.1, -0.05) is 37.5 Å². The lowest BCUT2D eigenvalue weighted by Crippen LogP contribution is -2.27. The monoisotopic (exact) mass is 354 g/mol. The molecular formula is C19H27ClO4. The molecule has 1 aliphatic rings. The average Bonchev–Trinajstić information content (AvgIpc) is 2.83. The number of benzene rings is 1. The van der Waals surface area contributed by atoms with E-state index >= 15 is 0 Å². The van der Waals surface area contributed by atoms with Crippen LogP contribution in [0.4, 0.5) is 0 Å². The van der Waals surface area contributed by atoms with Crippen LogP contribution in [0.25, 0.3) is 0 Å². The van der Waals surface area contributed by atoms with Gasteiger partial charge in [0.25, 0.3) is 0 Å². The molecule has 0 amide bonds. The van der Waals surface area contributed by atoms with E-state index in [0.717, 1.165) is 37.9 Å². The lowest BCUT2D eigenvalue weighted by Gasteiger charge is -2.23. The Kier molecular flexibility index (Phi) is 7.86. The van der Waals surface area contributed by atoms with Crippen molar-refractivity contribution in [2.24, 2.45) is 11.8 Å². The van der Waals surface area contributed by atoms with E-state index in [-0.39, 0.29) is 23.6 Å². The largest absolute Gasteiger partial charge is 0.493 e. The van der Waals surface area contributed by atoms with Crippen LogP contribution in [-0.2, 0) is 4.79 Å². The van der Waals surface area contributed by atoms with Crippen LogP contribution in [0, 0.1) is 11.8 Å². The second-order valence-corrected chi connectivity index (χ2v) is 7.18. The zero-order valence-electron chi connectivity index (χ0n) is 13.9. The van der Waals surface area contributed by atoms with Crippen molar-refractivity contribution >= 4 is 17.6 Å². The summed E-state index contributed by atoms with van der Waals surface area (Å²) in [6.07, 6.45) is 5.10. The minimum Gasteiger partial charge on any atom is -0.493 e. The Labute approximate surface area is 148 Å². The number of aliphatic hydroxyl groups is 1. The van der Waals surface area contributed by atoms with E-state index in [0.29, 0.717) is 13.0 Å². The van der Waals surface area contributed by atoms with E-state index in [1.54, 1.807) is 0 Å². The molecule has 1 aliphatic carbocycles. The molecule has 24 heavy (non-hydrogen) atoms. The summed E-state index contributed by atoms with van der Waals surface area (Å²) in [5.41, 5.74) is 0. The van der Waals surface area contributed by atoms with Crippen molar-refractivity contribution in [1.82, 2.24) is 0 Å². The number of hydrogen-bond donors (Lipinski definition) is 2. The number of unbranched alkanes of at least 4 members (excludes halogenated alkanes) is 3. The van der Waals surface area contributed by atoms with Gasteiger partial charge in [0.15, 0.2) is 0 Å². The molecule has 2 rings (SSSR count). The Bertz CT molecular complexity index is 493. The smallest absolute Gasteiger partial charge is 0.303 e. The van der Waals surface area contributed by atoms with Crippen molar-refractivity contribution in [2.75, 3.05) is 6.61 Å².